The highest BCUT2D eigenvalue weighted by Gasteiger charge is 2.44. The van der Waals surface area contributed by atoms with Gasteiger partial charge in [0.1, 0.15) is 6.10 Å². The molecule has 32 heavy (non-hydrogen) atoms. The lowest BCUT2D eigenvalue weighted by Gasteiger charge is -2.43. The first kappa shape index (κ1) is 27.2. The largest absolute Gasteiger partial charge is 0.481 e. The van der Waals surface area contributed by atoms with Crippen molar-refractivity contribution in [2.24, 2.45) is 52.8 Å². The lowest BCUT2D eigenvalue weighted by Crippen LogP contribution is -2.44. The summed E-state index contributed by atoms with van der Waals surface area (Å²) >= 11 is 0. The van der Waals surface area contributed by atoms with Gasteiger partial charge in [0, 0.05) is 5.92 Å². The van der Waals surface area contributed by atoms with Crippen molar-refractivity contribution in [1.29, 1.82) is 0 Å². The minimum atomic E-state index is -0.845. The smallest absolute Gasteiger partial charge is 0.310 e. The number of carbonyl (C=O) groups is 2. The van der Waals surface area contributed by atoms with Crippen LogP contribution in [0.1, 0.15) is 107 Å². The molecule has 0 aromatic rings. The molecule has 1 N–H and O–H groups in total. The first-order chi connectivity index (χ1) is 14.8. The van der Waals surface area contributed by atoms with E-state index in [1.165, 1.54) is 12.8 Å². The van der Waals surface area contributed by atoms with Crippen LogP contribution in [0.5, 0.6) is 0 Å². The Hall–Kier alpha value is -1.06. The Bertz CT molecular complexity index is 609. The van der Waals surface area contributed by atoms with E-state index in [2.05, 4.69) is 48.5 Å². The van der Waals surface area contributed by atoms with E-state index in [1.807, 2.05) is 6.92 Å². The minimum absolute atomic E-state index is 0.0254. The molecular formula is C28H50O4. The van der Waals surface area contributed by atoms with E-state index in [-0.39, 0.29) is 18.0 Å². The molecule has 0 saturated heterocycles. The Kier molecular flexibility index (Phi) is 9.67. The average molecular weight is 451 g/mol. The van der Waals surface area contributed by atoms with E-state index in [0.29, 0.717) is 41.4 Å². The molecule has 0 aromatic heterocycles. The predicted molar refractivity (Wildman–Crippen MR) is 130 cm³/mol. The SMILES string of the molecule is CC1CC(C)C(C(CCC(C)CC(C)(C)C)OC(=O)C2CCCC(C)C2C(=O)O)C(C)C1. The maximum atomic E-state index is 13.4. The van der Waals surface area contributed by atoms with E-state index in [9.17, 15) is 14.7 Å². The summed E-state index contributed by atoms with van der Waals surface area (Å²) in [5.41, 5.74) is 0.291. The number of carboxylic acids is 1. The van der Waals surface area contributed by atoms with Crippen molar-refractivity contribution in [1.82, 2.24) is 0 Å². The van der Waals surface area contributed by atoms with Gasteiger partial charge in [-0.3, -0.25) is 9.59 Å². The summed E-state index contributed by atoms with van der Waals surface area (Å²) < 4.78 is 6.31. The van der Waals surface area contributed by atoms with Crippen molar-refractivity contribution < 1.29 is 19.4 Å². The Labute approximate surface area is 197 Å². The lowest BCUT2D eigenvalue weighted by molar-refractivity contribution is -0.171. The van der Waals surface area contributed by atoms with Crippen molar-refractivity contribution in [3.63, 3.8) is 0 Å². The van der Waals surface area contributed by atoms with Crippen LogP contribution in [0.25, 0.3) is 0 Å². The molecule has 4 nitrogen and oxygen atoms in total. The van der Waals surface area contributed by atoms with Crippen molar-refractivity contribution in [3.05, 3.63) is 0 Å². The molecule has 2 aliphatic rings. The maximum absolute atomic E-state index is 13.4. The average Bonchev–Trinajstić information content (AvgIpc) is 2.63. The number of esters is 1. The number of ether oxygens (including phenoxy) is 1. The number of hydrogen-bond acceptors (Lipinski definition) is 3. The number of carbonyl (C=O) groups excluding carboxylic acids is 1. The molecular weight excluding hydrogens is 400 g/mol. The summed E-state index contributed by atoms with van der Waals surface area (Å²) in [6.45, 7) is 18.1. The summed E-state index contributed by atoms with van der Waals surface area (Å²) in [5.74, 6) is 0.498. The number of aliphatic carboxylic acids is 1. The first-order valence-electron chi connectivity index (χ1n) is 13.2. The molecule has 2 fully saturated rings. The van der Waals surface area contributed by atoms with Gasteiger partial charge in [0.2, 0.25) is 0 Å². The van der Waals surface area contributed by atoms with Gasteiger partial charge < -0.3 is 9.84 Å². The monoisotopic (exact) mass is 450 g/mol. The molecule has 0 spiro atoms. The molecule has 2 rings (SSSR count). The second-order valence-electron chi connectivity index (χ2n) is 12.9. The highest BCUT2D eigenvalue weighted by molar-refractivity contribution is 5.81. The molecule has 2 saturated carbocycles. The molecule has 0 aromatic carbocycles. The second-order valence-corrected chi connectivity index (χ2v) is 12.9. The van der Waals surface area contributed by atoms with Crippen LogP contribution in [0.3, 0.4) is 0 Å². The van der Waals surface area contributed by atoms with Crippen LogP contribution in [0.2, 0.25) is 0 Å². The first-order valence-corrected chi connectivity index (χ1v) is 13.2. The third-order valence-electron chi connectivity index (χ3n) is 8.27. The van der Waals surface area contributed by atoms with Crippen LogP contribution < -0.4 is 0 Å². The Balaban J connectivity index is 2.18. The molecule has 0 radical (unpaired) electrons. The van der Waals surface area contributed by atoms with E-state index in [0.717, 1.165) is 32.1 Å². The predicted octanol–water partition coefficient (Wildman–Crippen LogP) is 7.21. The molecule has 0 aliphatic heterocycles. The van der Waals surface area contributed by atoms with Crippen LogP contribution in [-0.2, 0) is 14.3 Å². The fourth-order valence-electron chi connectivity index (χ4n) is 7.23. The van der Waals surface area contributed by atoms with Crippen molar-refractivity contribution >= 4 is 11.9 Å². The van der Waals surface area contributed by atoms with Crippen LogP contribution >= 0.6 is 0 Å². The van der Waals surface area contributed by atoms with E-state index in [4.69, 9.17) is 4.74 Å². The van der Waals surface area contributed by atoms with Gasteiger partial charge in [-0.05, 0) is 80.0 Å². The highest BCUT2D eigenvalue weighted by atomic mass is 16.5. The molecule has 0 amide bonds. The standard InChI is InChI=1S/C28H50O4/c1-17(16-28(6,7)8)12-13-23(24-20(4)14-18(2)15-21(24)5)32-27(31)22-11-9-10-19(3)25(22)26(29)30/h17-25H,9-16H2,1-8H3,(H,29,30). The zero-order valence-corrected chi connectivity index (χ0v) is 22.0. The topological polar surface area (TPSA) is 63.6 Å². The maximum Gasteiger partial charge on any atom is 0.310 e. The van der Waals surface area contributed by atoms with Crippen LogP contribution in [0, 0.1) is 52.8 Å². The van der Waals surface area contributed by atoms with E-state index in [1.54, 1.807) is 0 Å². The normalized spacial score (nSPS) is 35.7. The lowest BCUT2D eigenvalue weighted by atomic mass is 9.66. The Morgan fingerprint density at radius 2 is 1.56 bits per heavy atom. The molecule has 7 atom stereocenters. The third kappa shape index (κ3) is 7.48. The van der Waals surface area contributed by atoms with Crippen LogP contribution in [0.15, 0.2) is 0 Å². The van der Waals surface area contributed by atoms with E-state index >= 15 is 0 Å². The quantitative estimate of drug-likeness (QED) is 0.397. The van der Waals surface area contributed by atoms with E-state index < -0.39 is 17.8 Å². The van der Waals surface area contributed by atoms with Crippen molar-refractivity contribution in [2.75, 3.05) is 0 Å². The summed E-state index contributed by atoms with van der Waals surface area (Å²) in [6.07, 6.45) is 7.77. The summed E-state index contributed by atoms with van der Waals surface area (Å²) in [4.78, 5) is 25.3. The van der Waals surface area contributed by atoms with Gasteiger partial charge >= 0.3 is 11.9 Å². The molecule has 7 unspecified atom stereocenters. The summed E-state index contributed by atoms with van der Waals surface area (Å²) in [5, 5.41) is 9.80. The molecule has 186 valence electrons. The van der Waals surface area contributed by atoms with Gasteiger partial charge in [0.05, 0.1) is 11.8 Å². The number of carboxylic acid groups (broad SMARTS) is 1. The number of rotatable bonds is 8. The highest BCUT2D eigenvalue weighted by Crippen LogP contribution is 2.43. The van der Waals surface area contributed by atoms with Gasteiger partial charge in [0.25, 0.3) is 0 Å². The number of hydrogen-bond donors (Lipinski definition) is 1. The molecule has 2 aliphatic carbocycles. The minimum Gasteiger partial charge on any atom is -0.481 e. The molecule has 4 heteroatoms. The zero-order chi connectivity index (χ0) is 24.2. The fourth-order valence-corrected chi connectivity index (χ4v) is 7.23. The Morgan fingerprint density at radius 3 is 2.09 bits per heavy atom. The van der Waals surface area contributed by atoms with Crippen molar-refractivity contribution in [2.45, 2.75) is 113 Å². The van der Waals surface area contributed by atoms with Gasteiger partial charge in [0.15, 0.2) is 0 Å². The van der Waals surface area contributed by atoms with Crippen LogP contribution in [0.4, 0.5) is 0 Å². The zero-order valence-electron chi connectivity index (χ0n) is 22.0. The van der Waals surface area contributed by atoms with Crippen molar-refractivity contribution in [3.8, 4) is 0 Å². The van der Waals surface area contributed by atoms with Gasteiger partial charge in [-0.2, -0.15) is 0 Å². The molecule has 0 bridgehead atoms. The van der Waals surface area contributed by atoms with Gasteiger partial charge in [-0.1, -0.05) is 61.8 Å². The third-order valence-corrected chi connectivity index (χ3v) is 8.27. The van der Waals surface area contributed by atoms with Crippen LogP contribution in [-0.4, -0.2) is 23.1 Å². The fraction of sp³-hybridized carbons (Fsp3) is 0.929. The van der Waals surface area contributed by atoms with Gasteiger partial charge in [-0.25, -0.2) is 0 Å². The summed E-state index contributed by atoms with van der Waals surface area (Å²) in [6, 6.07) is 0. The Morgan fingerprint density at radius 1 is 0.969 bits per heavy atom. The molecule has 0 heterocycles. The summed E-state index contributed by atoms with van der Waals surface area (Å²) in [7, 11) is 0. The second kappa shape index (κ2) is 11.4. The van der Waals surface area contributed by atoms with Gasteiger partial charge in [-0.15, -0.1) is 0 Å².